The van der Waals surface area contributed by atoms with Gasteiger partial charge in [0.05, 0.1) is 12.5 Å². The minimum atomic E-state index is -0.860. The van der Waals surface area contributed by atoms with Crippen molar-refractivity contribution < 1.29 is 19.4 Å². The van der Waals surface area contributed by atoms with Crippen molar-refractivity contribution in [3.05, 3.63) is 11.6 Å². The molecule has 3 rings (SSSR count). The zero-order valence-corrected chi connectivity index (χ0v) is 11.6. The summed E-state index contributed by atoms with van der Waals surface area (Å²) in [6.07, 6.45) is 3.76. The van der Waals surface area contributed by atoms with Crippen molar-refractivity contribution in [2.45, 2.75) is 33.6 Å². The standard InChI is InChI=1S/C15H20O4/c1-8-13(18)19-6-11-10(12(16)17)4-9-5-14(2,3)7-15(8,9)11/h4,8-9,11H,5-7H2,1-3H3,(H,16,17)/t8-,9?,11+,15-/m1/s1. The Morgan fingerprint density at radius 1 is 1.47 bits per heavy atom. The molecule has 0 amide bonds. The number of esters is 1. The molecular formula is C15H20O4. The largest absolute Gasteiger partial charge is 0.478 e. The smallest absolute Gasteiger partial charge is 0.331 e. The first-order valence-corrected chi connectivity index (χ1v) is 6.89. The molecule has 19 heavy (non-hydrogen) atoms. The van der Waals surface area contributed by atoms with E-state index < -0.39 is 5.97 Å². The second-order valence-electron chi connectivity index (χ2n) is 7.10. The van der Waals surface area contributed by atoms with Gasteiger partial charge < -0.3 is 9.84 Å². The second-order valence-corrected chi connectivity index (χ2v) is 7.10. The zero-order valence-electron chi connectivity index (χ0n) is 11.6. The van der Waals surface area contributed by atoms with Crippen molar-refractivity contribution >= 4 is 11.9 Å². The van der Waals surface area contributed by atoms with E-state index in [9.17, 15) is 14.7 Å². The Balaban J connectivity index is 2.09. The van der Waals surface area contributed by atoms with Crippen molar-refractivity contribution in [1.82, 2.24) is 0 Å². The molecule has 0 aromatic carbocycles. The molecular weight excluding hydrogens is 244 g/mol. The van der Waals surface area contributed by atoms with Crippen molar-refractivity contribution in [2.75, 3.05) is 6.61 Å². The number of rotatable bonds is 1. The Hall–Kier alpha value is -1.32. The summed E-state index contributed by atoms with van der Waals surface area (Å²) in [5, 5.41) is 9.38. The van der Waals surface area contributed by atoms with Crippen LogP contribution in [0.4, 0.5) is 0 Å². The van der Waals surface area contributed by atoms with Gasteiger partial charge in [-0.25, -0.2) is 4.79 Å². The summed E-state index contributed by atoms with van der Waals surface area (Å²) in [5.41, 5.74) is 0.391. The fourth-order valence-electron chi connectivity index (χ4n) is 4.79. The van der Waals surface area contributed by atoms with E-state index in [1.165, 1.54) is 0 Å². The SMILES string of the molecule is C[C@@H]1C(=O)OC[C@H]2C(C(=O)O)=CC3CC(C)(C)C[C@]312. The van der Waals surface area contributed by atoms with Gasteiger partial charge in [0.15, 0.2) is 0 Å². The number of allylic oxidation sites excluding steroid dienone is 1. The van der Waals surface area contributed by atoms with Crippen LogP contribution in [-0.4, -0.2) is 23.7 Å². The van der Waals surface area contributed by atoms with E-state index in [0.717, 1.165) is 12.8 Å². The highest BCUT2D eigenvalue weighted by molar-refractivity contribution is 5.89. The summed E-state index contributed by atoms with van der Waals surface area (Å²) >= 11 is 0. The van der Waals surface area contributed by atoms with Crippen LogP contribution >= 0.6 is 0 Å². The Bertz CT molecular complexity index is 490. The topological polar surface area (TPSA) is 63.6 Å². The maximum absolute atomic E-state index is 12.0. The second kappa shape index (κ2) is 3.62. The lowest BCUT2D eigenvalue weighted by atomic mass is 9.61. The van der Waals surface area contributed by atoms with Crippen molar-refractivity contribution in [3.63, 3.8) is 0 Å². The number of ether oxygens (including phenoxy) is 1. The number of hydrogen-bond acceptors (Lipinski definition) is 3. The van der Waals surface area contributed by atoms with Crippen LogP contribution in [-0.2, 0) is 14.3 Å². The molecule has 1 unspecified atom stereocenters. The Morgan fingerprint density at radius 3 is 2.79 bits per heavy atom. The summed E-state index contributed by atoms with van der Waals surface area (Å²) < 4.78 is 5.21. The fourth-order valence-corrected chi connectivity index (χ4v) is 4.79. The fraction of sp³-hybridized carbons (Fsp3) is 0.733. The van der Waals surface area contributed by atoms with Crippen LogP contribution in [0.5, 0.6) is 0 Å². The molecule has 1 saturated carbocycles. The molecule has 2 aliphatic carbocycles. The molecule has 0 radical (unpaired) electrons. The van der Waals surface area contributed by atoms with Gasteiger partial charge >= 0.3 is 11.9 Å². The molecule has 3 aliphatic rings. The molecule has 1 saturated heterocycles. The molecule has 1 aliphatic heterocycles. The minimum Gasteiger partial charge on any atom is -0.478 e. The first kappa shape index (κ1) is 12.7. The van der Waals surface area contributed by atoms with Crippen LogP contribution in [0.1, 0.15) is 33.6 Å². The molecule has 0 bridgehead atoms. The number of carbonyl (C=O) groups is 2. The first-order chi connectivity index (χ1) is 8.78. The maximum atomic E-state index is 12.0. The van der Waals surface area contributed by atoms with Gasteiger partial charge in [0.1, 0.15) is 0 Å². The van der Waals surface area contributed by atoms with E-state index in [-0.39, 0.29) is 41.2 Å². The number of cyclic esters (lactones) is 1. The van der Waals surface area contributed by atoms with E-state index >= 15 is 0 Å². The lowest BCUT2D eigenvalue weighted by Gasteiger charge is -2.45. The Labute approximate surface area is 112 Å². The van der Waals surface area contributed by atoms with Gasteiger partial charge in [0.25, 0.3) is 0 Å². The van der Waals surface area contributed by atoms with E-state index in [1.807, 2.05) is 13.0 Å². The van der Waals surface area contributed by atoms with Crippen LogP contribution in [0, 0.1) is 28.6 Å². The van der Waals surface area contributed by atoms with Crippen LogP contribution in [0.2, 0.25) is 0 Å². The summed E-state index contributed by atoms with van der Waals surface area (Å²) in [5.74, 6) is -1.18. The van der Waals surface area contributed by atoms with E-state index in [2.05, 4.69) is 13.8 Å². The molecule has 2 fully saturated rings. The van der Waals surface area contributed by atoms with Crippen LogP contribution in [0.3, 0.4) is 0 Å². The van der Waals surface area contributed by atoms with Gasteiger partial charge in [0.2, 0.25) is 0 Å². The minimum absolute atomic E-state index is 0.135. The molecule has 1 spiro atoms. The number of carboxylic acids is 1. The third kappa shape index (κ3) is 1.52. The average molecular weight is 264 g/mol. The quantitative estimate of drug-likeness (QED) is 0.738. The summed E-state index contributed by atoms with van der Waals surface area (Å²) in [4.78, 5) is 23.4. The van der Waals surface area contributed by atoms with Gasteiger partial charge in [-0.15, -0.1) is 0 Å². The molecule has 4 heteroatoms. The molecule has 4 nitrogen and oxygen atoms in total. The number of carbonyl (C=O) groups excluding carboxylic acids is 1. The molecule has 104 valence electrons. The van der Waals surface area contributed by atoms with Gasteiger partial charge in [-0.1, -0.05) is 26.8 Å². The monoisotopic (exact) mass is 264 g/mol. The number of carboxylic acid groups (broad SMARTS) is 1. The van der Waals surface area contributed by atoms with Crippen LogP contribution < -0.4 is 0 Å². The van der Waals surface area contributed by atoms with Gasteiger partial charge in [-0.05, 0) is 24.2 Å². The lowest BCUT2D eigenvalue weighted by molar-refractivity contribution is -0.169. The highest BCUT2D eigenvalue weighted by Crippen LogP contribution is 2.66. The predicted molar refractivity (Wildman–Crippen MR) is 68.3 cm³/mol. The summed E-state index contributed by atoms with van der Waals surface area (Å²) in [7, 11) is 0. The molecule has 1 heterocycles. The number of aliphatic carboxylic acids is 1. The maximum Gasteiger partial charge on any atom is 0.331 e. The van der Waals surface area contributed by atoms with E-state index in [4.69, 9.17) is 4.74 Å². The first-order valence-electron chi connectivity index (χ1n) is 6.89. The Kier molecular flexibility index (Phi) is 2.42. The highest BCUT2D eigenvalue weighted by atomic mass is 16.5. The third-order valence-electron chi connectivity index (χ3n) is 5.45. The predicted octanol–water partition coefficient (Wildman–Crippen LogP) is 2.24. The number of hydrogen-bond donors (Lipinski definition) is 1. The van der Waals surface area contributed by atoms with Crippen molar-refractivity contribution in [2.24, 2.45) is 28.6 Å². The zero-order chi connectivity index (χ0) is 14.0. The molecule has 0 aromatic rings. The van der Waals surface area contributed by atoms with Gasteiger partial charge in [-0.2, -0.15) is 0 Å². The summed E-state index contributed by atoms with van der Waals surface area (Å²) in [6, 6.07) is 0. The molecule has 1 N–H and O–H groups in total. The normalized spacial score (nSPS) is 43.2. The lowest BCUT2D eigenvalue weighted by Crippen LogP contribution is -2.48. The van der Waals surface area contributed by atoms with Gasteiger partial charge in [0, 0.05) is 16.9 Å². The Morgan fingerprint density at radius 2 is 2.16 bits per heavy atom. The molecule has 4 atom stereocenters. The van der Waals surface area contributed by atoms with Crippen molar-refractivity contribution in [1.29, 1.82) is 0 Å². The molecule has 0 aromatic heterocycles. The summed E-state index contributed by atoms with van der Waals surface area (Å²) in [6.45, 7) is 6.55. The van der Waals surface area contributed by atoms with E-state index in [1.54, 1.807) is 0 Å². The van der Waals surface area contributed by atoms with E-state index in [0.29, 0.717) is 5.57 Å². The average Bonchev–Trinajstić information content (AvgIpc) is 2.72. The van der Waals surface area contributed by atoms with Crippen molar-refractivity contribution in [3.8, 4) is 0 Å². The highest BCUT2D eigenvalue weighted by Gasteiger charge is 2.65. The van der Waals surface area contributed by atoms with Crippen LogP contribution in [0.25, 0.3) is 0 Å². The third-order valence-corrected chi connectivity index (χ3v) is 5.45. The van der Waals surface area contributed by atoms with Gasteiger partial charge in [-0.3, -0.25) is 4.79 Å². The van der Waals surface area contributed by atoms with Crippen LogP contribution in [0.15, 0.2) is 11.6 Å².